The Bertz CT molecular complexity index is 3450. The number of benzene rings is 10. The summed E-state index contributed by atoms with van der Waals surface area (Å²) in [6.07, 6.45) is 0. The highest BCUT2D eigenvalue weighted by molar-refractivity contribution is 9.10. The normalized spacial score (nSPS) is 14.0. The fourth-order valence-electron chi connectivity index (χ4n) is 8.62. The van der Waals surface area contributed by atoms with Gasteiger partial charge in [0.05, 0.1) is 31.1 Å². The highest BCUT2D eigenvalue weighted by Gasteiger charge is 2.52. The molecule has 1 aliphatic heterocycles. The Kier molecular flexibility index (Phi) is 11.2. The van der Waals surface area contributed by atoms with E-state index in [2.05, 4.69) is 153 Å². The Morgan fingerprint density at radius 2 is 0.844 bits per heavy atom. The Balaban J connectivity index is 0.000000134. The molecule has 11 rings (SSSR count). The van der Waals surface area contributed by atoms with E-state index >= 15 is 0 Å². The van der Waals surface area contributed by atoms with E-state index in [0.29, 0.717) is 10.0 Å². The van der Waals surface area contributed by atoms with Gasteiger partial charge in [0.25, 0.3) is 11.4 Å². The minimum absolute atomic E-state index is 0.0995. The van der Waals surface area contributed by atoms with Gasteiger partial charge >= 0.3 is 7.12 Å². The summed E-state index contributed by atoms with van der Waals surface area (Å²) >= 11 is 3.06. The van der Waals surface area contributed by atoms with Crippen molar-refractivity contribution in [2.24, 2.45) is 0 Å². The molecule has 1 saturated heterocycles. The van der Waals surface area contributed by atoms with E-state index in [1.54, 1.807) is 30.3 Å². The highest BCUT2D eigenvalue weighted by Crippen LogP contribution is 2.40. The molecule has 10 heteroatoms. The molecule has 0 aromatic heterocycles. The van der Waals surface area contributed by atoms with Crippen molar-refractivity contribution in [3.05, 3.63) is 207 Å². The van der Waals surface area contributed by atoms with Crippen molar-refractivity contribution in [2.45, 2.75) is 38.9 Å². The van der Waals surface area contributed by atoms with Crippen LogP contribution < -0.4 is 5.46 Å². The molecular formula is C54H42BBrN2O6. The maximum absolute atomic E-state index is 11.5. The zero-order valence-electron chi connectivity index (χ0n) is 35.6. The zero-order valence-corrected chi connectivity index (χ0v) is 37.2. The summed E-state index contributed by atoms with van der Waals surface area (Å²) in [7, 11) is -0.355. The Hall–Kier alpha value is -6.98. The first-order valence-electron chi connectivity index (χ1n) is 21.0. The molecule has 0 saturated carbocycles. The lowest BCUT2D eigenvalue weighted by atomic mass is 9.75. The van der Waals surface area contributed by atoms with E-state index in [-0.39, 0.29) is 34.6 Å². The third-order valence-corrected chi connectivity index (χ3v) is 13.2. The summed E-state index contributed by atoms with van der Waals surface area (Å²) in [5.74, 6) is 0. The van der Waals surface area contributed by atoms with Crippen molar-refractivity contribution in [3.63, 3.8) is 0 Å². The van der Waals surface area contributed by atoms with Crippen molar-refractivity contribution in [3.8, 4) is 11.1 Å². The van der Waals surface area contributed by atoms with Gasteiger partial charge in [0.15, 0.2) is 0 Å². The molecule has 314 valence electrons. The topological polar surface area (TPSA) is 105 Å². The molecule has 0 atom stereocenters. The van der Waals surface area contributed by atoms with E-state index in [1.807, 2.05) is 36.4 Å². The van der Waals surface area contributed by atoms with E-state index in [1.165, 1.54) is 59.9 Å². The number of nitro benzene ring substituents is 2. The van der Waals surface area contributed by atoms with Crippen molar-refractivity contribution in [2.75, 3.05) is 0 Å². The molecule has 1 aliphatic rings. The summed E-state index contributed by atoms with van der Waals surface area (Å²) in [6.45, 7) is 8.39. The van der Waals surface area contributed by atoms with E-state index in [9.17, 15) is 20.2 Å². The number of nitro groups is 2. The molecule has 1 heterocycles. The van der Waals surface area contributed by atoms with E-state index in [4.69, 9.17) is 9.31 Å². The molecule has 64 heavy (non-hydrogen) atoms. The van der Waals surface area contributed by atoms with Gasteiger partial charge in [-0.3, -0.25) is 20.2 Å². The number of hydrogen-bond acceptors (Lipinski definition) is 6. The second kappa shape index (κ2) is 17.0. The average molecular weight is 906 g/mol. The fraction of sp³-hybridized carbons (Fsp3) is 0.111. The van der Waals surface area contributed by atoms with Crippen molar-refractivity contribution in [1.82, 2.24) is 0 Å². The van der Waals surface area contributed by atoms with Crippen LogP contribution in [0.2, 0.25) is 0 Å². The summed E-state index contributed by atoms with van der Waals surface area (Å²) in [6, 6.07) is 60.0. The molecule has 8 nitrogen and oxygen atoms in total. The largest absolute Gasteiger partial charge is 0.495 e. The maximum atomic E-state index is 11.5. The van der Waals surface area contributed by atoms with Gasteiger partial charge in [0, 0.05) is 12.1 Å². The van der Waals surface area contributed by atoms with Crippen LogP contribution >= 0.6 is 15.9 Å². The number of hydrogen-bond donors (Lipinski definition) is 0. The first-order valence-corrected chi connectivity index (χ1v) is 21.8. The summed E-state index contributed by atoms with van der Waals surface area (Å²) in [5.41, 5.74) is 2.17. The fourth-order valence-corrected chi connectivity index (χ4v) is 9.05. The lowest BCUT2D eigenvalue weighted by Gasteiger charge is -2.32. The number of para-hydroxylation sites is 2. The smallest absolute Gasteiger partial charge is 0.399 e. The lowest BCUT2D eigenvalue weighted by Crippen LogP contribution is -2.41. The average Bonchev–Trinajstić information content (AvgIpc) is 3.53. The van der Waals surface area contributed by atoms with Crippen molar-refractivity contribution in [1.29, 1.82) is 0 Å². The maximum Gasteiger partial charge on any atom is 0.495 e. The predicted molar refractivity (Wildman–Crippen MR) is 267 cm³/mol. The van der Waals surface area contributed by atoms with Gasteiger partial charge in [-0.15, -0.1) is 0 Å². The molecule has 0 bridgehead atoms. The third-order valence-electron chi connectivity index (χ3n) is 12.5. The Labute approximate surface area is 378 Å². The SMILES string of the molecule is CC1(C)OB(c2cccc3c2ccc2ccc4ccccc4c23)OC1(C)C.O=[N+]([O-])c1ccccc1-c1cccc2c1ccc1ccc3ccccc3c12.O=[N+]([O-])c1ccccc1Br. The van der Waals surface area contributed by atoms with Gasteiger partial charge < -0.3 is 9.31 Å². The Morgan fingerprint density at radius 3 is 1.41 bits per heavy atom. The molecule has 0 unspecified atom stereocenters. The molecule has 0 amide bonds. The zero-order chi connectivity index (χ0) is 44.8. The van der Waals surface area contributed by atoms with E-state index < -0.39 is 4.92 Å². The van der Waals surface area contributed by atoms with Gasteiger partial charge in [0.1, 0.15) is 0 Å². The third kappa shape index (κ3) is 7.74. The van der Waals surface area contributed by atoms with Crippen LogP contribution in [0.3, 0.4) is 0 Å². The number of fused-ring (bicyclic) bond motifs is 10. The molecule has 0 N–H and O–H groups in total. The van der Waals surface area contributed by atoms with Crippen molar-refractivity contribution < 1.29 is 19.2 Å². The highest BCUT2D eigenvalue weighted by atomic mass is 79.9. The summed E-state index contributed by atoms with van der Waals surface area (Å²) < 4.78 is 13.2. The number of rotatable bonds is 4. The molecule has 1 fully saturated rings. The summed E-state index contributed by atoms with van der Waals surface area (Å²) in [5, 5.41) is 36.1. The predicted octanol–water partition coefficient (Wildman–Crippen LogP) is 14.5. The monoisotopic (exact) mass is 904 g/mol. The van der Waals surface area contributed by atoms with Gasteiger partial charge in [-0.1, -0.05) is 158 Å². The van der Waals surface area contributed by atoms with Crippen LogP contribution in [-0.2, 0) is 9.31 Å². The van der Waals surface area contributed by atoms with Gasteiger partial charge in [-0.25, -0.2) is 0 Å². The van der Waals surface area contributed by atoms with Crippen LogP contribution in [0.25, 0.3) is 75.8 Å². The minimum Gasteiger partial charge on any atom is -0.399 e. The van der Waals surface area contributed by atoms with Crippen LogP contribution in [0.5, 0.6) is 0 Å². The van der Waals surface area contributed by atoms with Crippen LogP contribution in [-0.4, -0.2) is 28.2 Å². The standard InChI is InChI=1S/C24H23BO2.C24H15NO2.C6H4BrNO2/c1-23(2)24(3,4)27-25(26-23)21-11-7-10-20-19(21)15-14-17-13-12-16-8-5-6-9-18(16)22(17)20;26-25(27)23-11-4-3-8-21(23)19-9-5-10-22-20(19)15-14-17-13-12-16-6-1-2-7-18(16)24(17)22;7-5-3-1-2-4-6(5)8(9)10/h5-15H,1-4H3;1-15H;1-4H. The quantitative estimate of drug-likeness (QED) is 0.0754. The summed E-state index contributed by atoms with van der Waals surface area (Å²) in [4.78, 5) is 21.0. The van der Waals surface area contributed by atoms with Gasteiger partial charge in [-0.2, -0.15) is 0 Å². The second-order valence-electron chi connectivity index (χ2n) is 16.8. The minimum atomic E-state index is -0.427. The molecule has 10 aromatic rings. The molecule has 0 spiro atoms. The van der Waals surface area contributed by atoms with Crippen LogP contribution in [0.1, 0.15) is 27.7 Å². The van der Waals surface area contributed by atoms with Gasteiger partial charge in [0.2, 0.25) is 0 Å². The molecule has 0 aliphatic carbocycles. The van der Waals surface area contributed by atoms with E-state index in [0.717, 1.165) is 21.8 Å². The number of halogens is 1. The lowest BCUT2D eigenvalue weighted by molar-refractivity contribution is -0.385. The van der Waals surface area contributed by atoms with Gasteiger partial charge in [-0.05, 0) is 131 Å². The second-order valence-corrected chi connectivity index (χ2v) is 17.7. The van der Waals surface area contributed by atoms with Crippen LogP contribution in [0, 0.1) is 20.2 Å². The van der Waals surface area contributed by atoms with Crippen LogP contribution in [0.4, 0.5) is 11.4 Å². The molecule has 0 radical (unpaired) electrons. The molecular weight excluding hydrogens is 863 g/mol. The first-order chi connectivity index (χ1) is 30.8. The van der Waals surface area contributed by atoms with Crippen molar-refractivity contribution >= 4 is 105 Å². The van der Waals surface area contributed by atoms with Crippen LogP contribution in [0.15, 0.2) is 186 Å². The molecule has 10 aromatic carbocycles. The Morgan fingerprint density at radius 1 is 0.422 bits per heavy atom. The number of nitrogens with zero attached hydrogens (tertiary/aromatic N) is 2. The first kappa shape index (κ1) is 42.3.